The molecule has 1 amide bonds. The molecule has 3 atom stereocenters. The second-order valence-electron chi connectivity index (χ2n) is 7.62. The number of rotatable bonds is 4. The van der Waals surface area contributed by atoms with Crippen molar-refractivity contribution >= 4 is 18.3 Å². The second kappa shape index (κ2) is 8.72. The molecule has 3 unspecified atom stereocenters. The van der Waals surface area contributed by atoms with Crippen LogP contribution in [0.3, 0.4) is 0 Å². The Morgan fingerprint density at radius 3 is 2.71 bits per heavy atom. The summed E-state index contributed by atoms with van der Waals surface area (Å²) in [5.74, 6) is 0.712. The smallest absolute Gasteiger partial charge is 0.260 e. The molecule has 0 aromatic heterocycles. The molecule has 4 nitrogen and oxygen atoms in total. The molecule has 0 spiro atoms. The van der Waals surface area contributed by atoms with E-state index in [4.69, 9.17) is 4.74 Å². The first-order valence-electron chi connectivity index (χ1n) is 8.56. The van der Waals surface area contributed by atoms with Crippen molar-refractivity contribution in [2.75, 3.05) is 6.54 Å². The van der Waals surface area contributed by atoms with Crippen molar-refractivity contribution in [1.82, 2.24) is 10.6 Å². The van der Waals surface area contributed by atoms with Gasteiger partial charge in [0, 0.05) is 12.1 Å². The molecule has 0 saturated carbocycles. The Balaban J connectivity index is 0.00000288. The summed E-state index contributed by atoms with van der Waals surface area (Å²) in [6.45, 7) is 11.4. The third kappa shape index (κ3) is 5.99. The predicted molar refractivity (Wildman–Crippen MR) is 101 cm³/mol. The van der Waals surface area contributed by atoms with Crippen LogP contribution in [0.5, 0.6) is 5.75 Å². The molecule has 1 fully saturated rings. The Hall–Kier alpha value is -1.26. The summed E-state index contributed by atoms with van der Waals surface area (Å²) >= 11 is 0. The zero-order valence-corrected chi connectivity index (χ0v) is 16.2. The third-order valence-corrected chi connectivity index (χ3v) is 4.35. The van der Waals surface area contributed by atoms with Gasteiger partial charge in [-0.2, -0.15) is 0 Å². The zero-order chi connectivity index (χ0) is 17.0. The molecule has 1 aliphatic rings. The molecule has 136 valence electrons. The number of hydrogen-bond donors (Lipinski definition) is 2. The number of carbonyl (C=O) groups is 1. The van der Waals surface area contributed by atoms with E-state index >= 15 is 0 Å². The number of hydrogen-bond acceptors (Lipinski definition) is 3. The highest BCUT2D eigenvalue weighted by molar-refractivity contribution is 5.85. The van der Waals surface area contributed by atoms with Gasteiger partial charge in [-0.25, -0.2) is 0 Å². The molecule has 1 aliphatic heterocycles. The van der Waals surface area contributed by atoms with Crippen LogP contribution >= 0.6 is 12.4 Å². The highest BCUT2D eigenvalue weighted by Crippen LogP contribution is 2.26. The van der Waals surface area contributed by atoms with E-state index in [0.717, 1.165) is 25.1 Å². The fraction of sp³-hybridized carbons (Fsp3) is 0.632. The molecule has 1 aromatic carbocycles. The van der Waals surface area contributed by atoms with E-state index in [2.05, 4.69) is 44.4 Å². The molecule has 5 heteroatoms. The molecule has 0 aliphatic carbocycles. The number of amides is 1. The molecular formula is C19H31ClN2O2. The van der Waals surface area contributed by atoms with Gasteiger partial charge in [-0.1, -0.05) is 32.9 Å². The van der Waals surface area contributed by atoms with Crippen LogP contribution in [0, 0.1) is 0 Å². The van der Waals surface area contributed by atoms with Gasteiger partial charge in [0.05, 0.1) is 0 Å². The van der Waals surface area contributed by atoms with Gasteiger partial charge in [-0.05, 0) is 56.3 Å². The Kier molecular flexibility index (Phi) is 7.56. The van der Waals surface area contributed by atoms with Crippen LogP contribution in [0.4, 0.5) is 0 Å². The fourth-order valence-corrected chi connectivity index (χ4v) is 2.88. The van der Waals surface area contributed by atoms with Crippen LogP contribution in [-0.2, 0) is 10.2 Å². The number of carbonyl (C=O) groups excluding carboxylic acids is 1. The molecule has 2 rings (SSSR count). The van der Waals surface area contributed by atoms with Gasteiger partial charge in [0.1, 0.15) is 5.75 Å². The van der Waals surface area contributed by atoms with Crippen LogP contribution < -0.4 is 15.4 Å². The van der Waals surface area contributed by atoms with E-state index in [1.54, 1.807) is 0 Å². The maximum Gasteiger partial charge on any atom is 0.260 e. The fourth-order valence-electron chi connectivity index (χ4n) is 2.88. The molecular weight excluding hydrogens is 324 g/mol. The number of nitrogens with one attached hydrogen (secondary N) is 2. The first kappa shape index (κ1) is 20.8. The molecule has 0 bridgehead atoms. The summed E-state index contributed by atoms with van der Waals surface area (Å²) in [6.07, 6.45) is 1.45. The highest BCUT2D eigenvalue weighted by atomic mass is 35.5. The monoisotopic (exact) mass is 354 g/mol. The molecule has 1 heterocycles. The van der Waals surface area contributed by atoms with Gasteiger partial charge in [-0.15, -0.1) is 12.4 Å². The van der Waals surface area contributed by atoms with Crippen molar-refractivity contribution in [2.24, 2.45) is 0 Å². The minimum Gasteiger partial charge on any atom is -0.481 e. The van der Waals surface area contributed by atoms with Gasteiger partial charge < -0.3 is 15.4 Å². The first-order valence-corrected chi connectivity index (χ1v) is 8.56. The second-order valence-corrected chi connectivity index (χ2v) is 7.62. The lowest BCUT2D eigenvalue weighted by atomic mass is 9.87. The van der Waals surface area contributed by atoms with E-state index in [1.807, 2.05) is 25.1 Å². The quantitative estimate of drug-likeness (QED) is 0.870. The average molecular weight is 355 g/mol. The van der Waals surface area contributed by atoms with Crippen LogP contribution in [0.2, 0.25) is 0 Å². The van der Waals surface area contributed by atoms with Gasteiger partial charge in [0.15, 0.2) is 6.10 Å². The lowest BCUT2D eigenvalue weighted by molar-refractivity contribution is -0.128. The first-order chi connectivity index (χ1) is 10.8. The van der Waals surface area contributed by atoms with Crippen molar-refractivity contribution in [3.63, 3.8) is 0 Å². The molecule has 0 radical (unpaired) electrons. The predicted octanol–water partition coefficient (Wildman–Crippen LogP) is 3.43. The highest BCUT2D eigenvalue weighted by Gasteiger charge is 2.23. The van der Waals surface area contributed by atoms with E-state index in [1.165, 1.54) is 5.56 Å². The minimum absolute atomic E-state index is 0. The van der Waals surface area contributed by atoms with E-state index in [-0.39, 0.29) is 29.8 Å². The summed E-state index contributed by atoms with van der Waals surface area (Å²) in [6, 6.07) is 8.70. The van der Waals surface area contributed by atoms with E-state index < -0.39 is 6.10 Å². The normalized spacial score (nSPS) is 22.2. The van der Waals surface area contributed by atoms with Crippen molar-refractivity contribution in [1.29, 1.82) is 0 Å². The maximum absolute atomic E-state index is 12.3. The number of halogens is 1. The summed E-state index contributed by atoms with van der Waals surface area (Å²) in [5.41, 5.74) is 1.27. The van der Waals surface area contributed by atoms with Gasteiger partial charge in [-0.3, -0.25) is 4.79 Å². The van der Waals surface area contributed by atoms with Crippen molar-refractivity contribution in [3.05, 3.63) is 29.8 Å². The summed E-state index contributed by atoms with van der Waals surface area (Å²) in [7, 11) is 0. The van der Waals surface area contributed by atoms with Crippen LogP contribution in [0.1, 0.15) is 53.0 Å². The average Bonchev–Trinajstić information content (AvgIpc) is 2.46. The van der Waals surface area contributed by atoms with E-state index in [9.17, 15) is 4.79 Å². The number of ether oxygens (including phenoxy) is 1. The molecule has 24 heavy (non-hydrogen) atoms. The van der Waals surface area contributed by atoms with Crippen LogP contribution in [-0.4, -0.2) is 30.6 Å². The maximum atomic E-state index is 12.3. The van der Waals surface area contributed by atoms with Crippen molar-refractivity contribution < 1.29 is 9.53 Å². The van der Waals surface area contributed by atoms with Crippen LogP contribution in [0.15, 0.2) is 24.3 Å². The van der Waals surface area contributed by atoms with Gasteiger partial charge in [0.25, 0.3) is 5.91 Å². The van der Waals surface area contributed by atoms with Crippen molar-refractivity contribution in [2.45, 2.75) is 71.1 Å². The molecule has 1 aromatic rings. The van der Waals surface area contributed by atoms with Crippen molar-refractivity contribution in [3.8, 4) is 5.75 Å². The SMILES string of the molecule is CC1CC(NC(=O)C(C)Oc2cccc(C(C)(C)C)c2)CCN1.Cl. The molecule has 2 N–H and O–H groups in total. The number of benzene rings is 1. The van der Waals surface area contributed by atoms with Gasteiger partial charge >= 0.3 is 0 Å². The Labute approximate surface area is 152 Å². The summed E-state index contributed by atoms with van der Waals surface area (Å²) in [5, 5.41) is 6.50. The largest absolute Gasteiger partial charge is 0.481 e. The Morgan fingerprint density at radius 1 is 1.38 bits per heavy atom. The van der Waals surface area contributed by atoms with Crippen LogP contribution in [0.25, 0.3) is 0 Å². The molecule has 1 saturated heterocycles. The van der Waals surface area contributed by atoms with E-state index in [0.29, 0.717) is 6.04 Å². The lowest BCUT2D eigenvalue weighted by Gasteiger charge is -2.29. The lowest BCUT2D eigenvalue weighted by Crippen LogP contribution is -2.49. The summed E-state index contributed by atoms with van der Waals surface area (Å²) in [4.78, 5) is 12.3. The summed E-state index contributed by atoms with van der Waals surface area (Å²) < 4.78 is 5.85. The zero-order valence-electron chi connectivity index (χ0n) is 15.4. The minimum atomic E-state index is -0.490. The van der Waals surface area contributed by atoms with Gasteiger partial charge in [0.2, 0.25) is 0 Å². The third-order valence-electron chi connectivity index (χ3n) is 4.35. The standard InChI is InChI=1S/C19H30N2O2.ClH/c1-13-11-16(9-10-20-13)21-18(22)14(2)23-17-8-6-7-15(12-17)19(3,4)5;/h6-8,12-14,16,20H,9-11H2,1-5H3,(H,21,22);1H. The number of piperidine rings is 1. The Bertz CT molecular complexity index is 542. The topological polar surface area (TPSA) is 50.4 Å². The Morgan fingerprint density at radius 2 is 2.08 bits per heavy atom.